The Labute approximate surface area is 712 Å². The zero-order chi connectivity index (χ0) is 88.9. The standard InChI is InChI=1S/C85H130N20O17/c1-3-5-7-8-9-10-11-12-13-14-15-16-23-37-72(110)94-50-73(111)95-69(52-106)82(120)99-63(40-41-71(87)109)77(115)102-67(46-55-30-26-42-91-55)80(118)104-68(48-86)81(119)98-61(33-6-4-2)75(113)100-64-39-38-56(107)31-21-18-22-35-60(74(88)112)96-79(117)66(45-54-49-93-59-34-25-24-32-58(54)59)101-76(114)62(36-27-43-92-85(89)90)97-78(116)65(44-53-28-19-17-20-29-53)103-83(121)70-47-57(108)51-105(70)84(64)122/h17,19-20,24-25,28-30,32,34,42,49,57,60-70,93,106,108H,3-16,18,21-23,26-27,31,33,35-41,43-48,50-52,86H2,1-2H3,(H2,87,109)(H2,88,112)(H,94,110)(H,95,111)(H,96,117)(H,97,116)(H,98,119)(H,99,120)(H,100,113)(H,101,114)(H,102,115)(H,103,121)(H,104,118)(H4,89,90,92)/t57-,60+,61+,62+,63+,64+,65-,66+,67+,68+,69+,70+/m1/s1. The van der Waals surface area contributed by atoms with E-state index < -0.39 is 188 Å². The van der Waals surface area contributed by atoms with Crippen molar-refractivity contribution in [3.63, 3.8) is 0 Å². The Morgan fingerprint density at radius 3 is 1.83 bits per heavy atom. The molecule has 672 valence electrons. The molecule has 0 aliphatic carbocycles. The number of amides is 14. The maximum Gasteiger partial charge on any atom is 0.245 e. The van der Waals surface area contributed by atoms with E-state index in [1.54, 1.807) is 55.6 Å². The van der Waals surface area contributed by atoms with Gasteiger partial charge in [0.15, 0.2) is 5.96 Å². The third-order valence-electron chi connectivity index (χ3n) is 21.7. The van der Waals surface area contributed by atoms with Crippen molar-refractivity contribution in [2.45, 2.75) is 298 Å². The molecule has 1 aromatic heterocycles. The fraction of sp³-hybridized carbons (Fsp3) is 0.612. The minimum absolute atomic E-state index is 0.00216. The smallest absolute Gasteiger partial charge is 0.245 e. The Bertz CT molecular complexity index is 4060. The van der Waals surface area contributed by atoms with Gasteiger partial charge in [0.25, 0.3) is 0 Å². The van der Waals surface area contributed by atoms with Crippen LogP contribution in [0.4, 0.5) is 0 Å². The number of Topliss-reactive ketones (excluding diaryl/α,β-unsaturated/α-hetero) is 1. The molecule has 0 unspecified atom stereocenters. The number of aliphatic imine (C=N–C) groups is 2. The van der Waals surface area contributed by atoms with Gasteiger partial charge >= 0.3 is 0 Å². The first-order valence-corrected chi connectivity index (χ1v) is 43.2. The van der Waals surface area contributed by atoms with Crippen LogP contribution in [0, 0.1) is 0 Å². The molecule has 0 radical (unpaired) electrons. The molecule has 3 aliphatic heterocycles. The Kier molecular flexibility index (Phi) is 44.3. The van der Waals surface area contributed by atoms with E-state index in [4.69, 9.17) is 28.7 Å². The highest BCUT2D eigenvalue weighted by Gasteiger charge is 2.44. The van der Waals surface area contributed by atoms with Gasteiger partial charge in [0.05, 0.1) is 19.3 Å². The lowest BCUT2D eigenvalue weighted by molar-refractivity contribution is -0.143. The van der Waals surface area contributed by atoms with Crippen LogP contribution in [0.5, 0.6) is 0 Å². The quantitative estimate of drug-likeness (QED) is 0.0206. The molecule has 2 saturated heterocycles. The monoisotopic (exact) mass is 1700 g/mol. The highest BCUT2D eigenvalue weighted by atomic mass is 16.3. The number of nitrogens with zero attached hydrogens (tertiary/aromatic N) is 3. The van der Waals surface area contributed by atoms with Gasteiger partial charge in [0.1, 0.15) is 72.2 Å². The van der Waals surface area contributed by atoms with E-state index in [0.717, 1.165) is 41.5 Å². The maximum atomic E-state index is 15.3. The molecule has 2 aromatic carbocycles. The number of primary amides is 2. The molecule has 3 aliphatic rings. The molecular weight excluding hydrogens is 1570 g/mol. The normalized spacial score (nSPS) is 20.2. The number of aliphatic hydroxyl groups excluding tert-OH is 2. The first-order chi connectivity index (χ1) is 58.6. The van der Waals surface area contributed by atoms with E-state index in [2.05, 4.69) is 80.4 Å². The molecule has 0 saturated carbocycles. The van der Waals surface area contributed by atoms with Gasteiger partial charge in [-0.05, 0) is 68.6 Å². The van der Waals surface area contributed by atoms with Crippen LogP contribution in [-0.4, -0.2) is 226 Å². The number of hydrogen-bond donors (Lipinski definition) is 19. The number of fused-ring (bicyclic) bond motifs is 2. The number of H-pyrrole nitrogens is 1. The number of hydrogen-bond acceptors (Lipinski definition) is 20. The van der Waals surface area contributed by atoms with Crippen LogP contribution in [0.3, 0.4) is 0 Å². The summed E-state index contributed by atoms with van der Waals surface area (Å²) in [6.45, 7) is 1.41. The minimum atomic E-state index is -1.67. The number of rotatable bonds is 46. The number of ketones is 1. The highest BCUT2D eigenvalue weighted by Crippen LogP contribution is 2.25. The summed E-state index contributed by atoms with van der Waals surface area (Å²) >= 11 is 0. The Hall–Kier alpha value is -11.2. The molecule has 14 amide bonds. The molecule has 24 N–H and O–H groups in total. The second-order valence-corrected chi connectivity index (χ2v) is 31.6. The summed E-state index contributed by atoms with van der Waals surface area (Å²) in [6, 6.07) is -1.08. The number of para-hydroxylation sites is 1. The van der Waals surface area contributed by atoms with Crippen molar-refractivity contribution in [2.75, 3.05) is 32.8 Å². The van der Waals surface area contributed by atoms with E-state index in [-0.39, 0.29) is 121 Å². The lowest BCUT2D eigenvalue weighted by Crippen LogP contribution is -2.61. The van der Waals surface area contributed by atoms with Gasteiger partial charge in [-0.3, -0.25) is 81.9 Å². The van der Waals surface area contributed by atoms with Gasteiger partial charge in [0, 0.05) is 106 Å². The summed E-state index contributed by atoms with van der Waals surface area (Å²) in [5.74, 6) is -13.2. The molecule has 3 aromatic rings. The van der Waals surface area contributed by atoms with Gasteiger partial charge in [-0.2, -0.15) is 0 Å². The summed E-state index contributed by atoms with van der Waals surface area (Å²) < 4.78 is 0. The van der Waals surface area contributed by atoms with Gasteiger partial charge in [0.2, 0.25) is 82.7 Å². The molecule has 37 nitrogen and oxygen atoms in total. The second-order valence-electron chi connectivity index (χ2n) is 31.6. The van der Waals surface area contributed by atoms with Gasteiger partial charge < -0.3 is 107 Å². The number of aromatic amines is 1. The summed E-state index contributed by atoms with van der Waals surface area (Å²) in [6.07, 6.45) is 17.5. The summed E-state index contributed by atoms with van der Waals surface area (Å²) in [4.78, 5) is 224. The zero-order valence-electron chi connectivity index (χ0n) is 70.5. The van der Waals surface area contributed by atoms with Crippen molar-refractivity contribution < 1.29 is 82.1 Å². The van der Waals surface area contributed by atoms with Crippen LogP contribution in [0.25, 0.3) is 10.9 Å². The van der Waals surface area contributed by atoms with Gasteiger partial charge in [-0.1, -0.05) is 171 Å². The lowest BCUT2D eigenvalue weighted by Gasteiger charge is -2.31. The Morgan fingerprint density at radius 2 is 1.18 bits per heavy atom. The number of unbranched alkanes of at least 4 members (excludes halogenated alkanes) is 13. The van der Waals surface area contributed by atoms with E-state index in [0.29, 0.717) is 42.5 Å². The predicted octanol–water partition coefficient (Wildman–Crippen LogP) is 0.368. The molecule has 0 bridgehead atoms. The van der Waals surface area contributed by atoms with Gasteiger partial charge in [-0.25, -0.2) is 0 Å². The molecule has 122 heavy (non-hydrogen) atoms. The average molecular weight is 1700 g/mol. The lowest BCUT2D eigenvalue weighted by atomic mass is 10.00. The van der Waals surface area contributed by atoms with Crippen LogP contribution in [0.1, 0.15) is 224 Å². The van der Waals surface area contributed by atoms with E-state index in [9.17, 15) is 72.5 Å². The van der Waals surface area contributed by atoms with Crippen LogP contribution in [0.2, 0.25) is 0 Å². The molecule has 6 rings (SSSR count). The Balaban J connectivity index is 1.19. The average Bonchev–Trinajstić information content (AvgIpc) is 1.70. The highest BCUT2D eigenvalue weighted by molar-refractivity contribution is 6.01. The van der Waals surface area contributed by atoms with Crippen molar-refractivity contribution in [3.05, 3.63) is 83.7 Å². The van der Waals surface area contributed by atoms with Crippen molar-refractivity contribution in [1.29, 1.82) is 0 Å². The summed E-state index contributed by atoms with van der Waals surface area (Å²) in [7, 11) is 0. The molecule has 4 heterocycles. The topological polar surface area (TPSA) is 603 Å². The van der Waals surface area contributed by atoms with Gasteiger partial charge in [-0.15, -0.1) is 0 Å². The number of carbonyl (C=O) groups excluding carboxylic acids is 15. The number of carbonyl (C=O) groups is 15. The number of guanidine groups is 1. The zero-order valence-corrected chi connectivity index (χ0v) is 70.5. The molecular formula is C85H130N20O17. The second kappa shape index (κ2) is 54.2. The number of aromatic nitrogens is 1. The van der Waals surface area contributed by atoms with Crippen LogP contribution < -0.4 is 87.2 Å². The first-order valence-electron chi connectivity index (χ1n) is 43.2. The maximum absolute atomic E-state index is 15.3. The predicted molar refractivity (Wildman–Crippen MR) is 457 cm³/mol. The Morgan fingerprint density at radius 1 is 0.590 bits per heavy atom. The van der Waals surface area contributed by atoms with E-state index in [1.807, 2.05) is 18.2 Å². The summed E-state index contributed by atoms with van der Waals surface area (Å²) in [5.41, 5.74) is 31.1. The van der Waals surface area contributed by atoms with Crippen LogP contribution in [-0.2, 0) is 84.8 Å². The fourth-order valence-electron chi connectivity index (χ4n) is 14.8. The fourth-order valence-corrected chi connectivity index (χ4v) is 14.8. The minimum Gasteiger partial charge on any atom is -0.394 e. The van der Waals surface area contributed by atoms with Crippen molar-refractivity contribution in [2.24, 2.45) is 38.7 Å². The van der Waals surface area contributed by atoms with E-state index in [1.165, 1.54) is 57.6 Å². The molecule has 2 fully saturated rings. The molecule has 0 spiro atoms. The number of nitrogens with two attached hydrogens (primary N) is 5. The van der Waals surface area contributed by atoms with Crippen LogP contribution in [0.15, 0.2) is 82.6 Å². The third-order valence-corrected chi connectivity index (χ3v) is 21.7. The summed E-state index contributed by atoms with van der Waals surface area (Å²) in [5, 5.41) is 51.0. The van der Waals surface area contributed by atoms with Crippen molar-refractivity contribution in [3.8, 4) is 0 Å². The SMILES string of the molecule is CCCCCCCCCCCCCCCC(=O)NCC(=O)N[C@@H](CO)C(=O)N[C@@H](CCC(N)=O)C(=O)N[C@@H](CC1=CCC=N1)C(=O)N[C@@H](CN)C(=O)N[C@@H](CCCC)C(=O)N[C@H]1CCC(=O)CCCCC[C@@H](C(N)=O)NC(=O)[C@H](Cc2c[nH]c3ccccc23)NC(=O)[C@H](CCCN=C(N)N)NC(=O)[C@@H](Cc2ccccc2)NC(=O)[C@@H]2C[C@@H](O)CN2C1=O. The van der Waals surface area contributed by atoms with Crippen molar-refractivity contribution in [1.82, 2.24) is 68.4 Å². The molecule has 12 atom stereocenters. The number of benzene rings is 2. The van der Waals surface area contributed by atoms with Crippen molar-refractivity contribution >= 4 is 112 Å². The first kappa shape index (κ1) is 99.6. The van der Waals surface area contributed by atoms with Crippen LogP contribution >= 0.6 is 0 Å². The van der Waals surface area contributed by atoms with E-state index >= 15 is 9.59 Å². The number of nitrogens with one attached hydrogen (secondary N) is 12. The largest absolute Gasteiger partial charge is 0.394 e. The third kappa shape index (κ3) is 35.5. The number of aliphatic hydroxyl groups is 2. The molecule has 37 heteroatoms. The number of allylic oxidation sites excluding steroid dienone is 1.